The van der Waals surface area contributed by atoms with E-state index in [9.17, 15) is 0 Å². The molecule has 4 rings (SSSR count). The van der Waals surface area contributed by atoms with E-state index in [1.165, 1.54) is 11.1 Å². The molecule has 0 aliphatic heterocycles. The first-order valence-electron chi connectivity index (χ1n) is 13.6. The van der Waals surface area contributed by atoms with Crippen LogP contribution < -0.4 is 9.47 Å². The van der Waals surface area contributed by atoms with Crippen LogP contribution in [0.4, 0.5) is 0 Å². The maximum absolute atomic E-state index is 6.89. The largest absolute Gasteiger partial charge is 0.490 e. The second kappa shape index (κ2) is 11.6. The van der Waals surface area contributed by atoms with E-state index in [0.717, 1.165) is 37.4 Å². The third kappa shape index (κ3) is 6.87. The summed E-state index contributed by atoms with van der Waals surface area (Å²) < 4.78 is 31.8. The molecule has 5 nitrogen and oxygen atoms in total. The summed E-state index contributed by atoms with van der Waals surface area (Å²) in [5.74, 6) is 2.02. The summed E-state index contributed by atoms with van der Waals surface area (Å²) in [5.41, 5.74) is 2.51. The number of fused-ring (bicyclic) bond motifs is 1. The number of benzene rings is 2. The van der Waals surface area contributed by atoms with Crippen LogP contribution in [0.1, 0.15) is 50.8 Å². The molecule has 2 aliphatic rings. The molecule has 1 radical (unpaired) electrons. The Labute approximate surface area is 226 Å². The number of hydrogen-bond donors (Lipinski definition) is 0. The van der Waals surface area contributed by atoms with Gasteiger partial charge >= 0.3 is 0 Å². The summed E-state index contributed by atoms with van der Waals surface area (Å²) in [6, 6.07) is 16.5. The molecule has 203 valence electrons. The minimum atomic E-state index is -1.89. The second-order valence-electron chi connectivity index (χ2n) is 12.3. The minimum absolute atomic E-state index is 0.0490. The van der Waals surface area contributed by atoms with Gasteiger partial charge in [-0.25, -0.2) is 0 Å². The van der Waals surface area contributed by atoms with Crippen LogP contribution in [-0.4, -0.2) is 49.4 Å². The molecule has 1 saturated carbocycles. The Morgan fingerprint density at radius 3 is 2.30 bits per heavy atom. The summed E-state index contributed by atoms with van der Waals surface area (Å²) in [6.07, 6.45) is 2.85. The van der Waals surface area contributed by atoms with Gasteiger partial charge in [-0.2, -0.15) is 0 Å². The van der Waals surface area contributed by atoms with Crippen LogP contribution in [0, 0.1) is 5.92 Å². The topological polar surface area (TPSA) is 46.2 Å². The van der Waals surface area contributed by atoms with E-state index in [0.29, 0.717) is 5.92 Å². The maximum Gasteiger partial charge on any atom is 0.204 e. The van der Waals surface area contributed by atoms with Gasteiger partial charge < -0.3 is 23.1 Å². The molecular weight excluding hydrogens is 496 g/mol. The molecule has 0 spiro atoms. The van der Waals surface area contributed by atoms with Gasteiger partial charge in [0.1, 0.15) is 29.8 Å². The standard InChI is InChI=1S/C30H45O5Si2/c1-30(2,3)37(7,8)35-27-19-25(16-22(27)20-32-36(5)6)33-23-13-11-14-24(18-23)34-28-17-21-12-9-10-15-26(21)29(28)31-4/h9-15,18,22,25,27-29H,16-17,19-20H2,1-8H3/t22-,25+,27+,28+,29+/m0/s1. The first-order valence-corrected chi connectivity index (χ1v) is 18.9. The van der Waals surface area contributed by atoms with E-state index in [2.05, 4.69) is 71.2 Å². The minimum Gasteiger partial charge on any atom is -0.490 e. The Morgan fingerprint density at radius 2 is 1.62 bits per heavy atom. The fourth-order valence-electron chi connectivity index (χ4n) is 5.17. The lowest BCUT2D eigenvalue weighted by atomic mass is 10.1. The highest BCUT2D eigenvalue weighted by atomic mass is 28.4. The van der Waals surface area contributed by atoms with Crippen molar-refractivity contribution in [1.29, 1.82) is 0 Å². The van der Waals surface area contributed by atoms with Crippen molar-refractivity contribution in [3.8, 4) is 11.5 Å². The number of methoxy groups -OCH3 is 1. The monoisotopic (exact) mass is 541 g/mol. The highest BCUT2D eigenvalue weighted by Crippen LogP contribution is 2.42. The first-order chi connectivity index (χ1) is 17.5. The average Bonchev–Trinajstić information content (AvgIpc) is 3.36. The molecule has 5 atom stereocenters. The van der Waals surface area contributed by atoms with E-state index in [1.807, 2.05) is 24.3 Å². The molecule has 2 aromatic carbocycles. The van der Waals surface area contributed by atoms with E-state index in [1.54, 1.807) is 7.11 Å². The van der Waals surface area contributed by atoms with E-state index >= 15 is 0 Å². The highest BCUT2D eigenvalue weighted by molar-refractivity contribution is 6.74. The van der Waals surface area contributed by atoms with Gasteiger partial charge in [-0.1, -0.05) is 51.1 Å². The van der Waals surface area contributed by atoms with Crippen molar-refractivity contribution in [3.63, 3.8) is 0 Å². The lowest BCUT2D eigenvalue weighted by Crippen LogP contribution is -2.45. The van der Waals surface area contributed by atoms with Gasteiger partial charge in [0, 0.05) is 38.5 Å². The predicted octanol–water partition coefficient (Wildman–Crippen LogP) is 7.19. The maximum atomic E-state index is 6.89. The summed E-state index contributed by atoms with van der Waals surface area (Å²) in [7, 11) is -0.882. The fraction of sp³-hybridized carbons (Fsp3) is 0.600. The van der Waals surface area contributed by atoms with Crippen LogP contribution in [0.5, 0.6) is 11.5 Å². The number of hydrogen-bond acceptors (Lipinski definition) is 5. The lowest BCUT2D eigenvalue weighted by molar-refractivity contribution is 0.0124. The van der Waals surface area contributed by atoms with E-state index in [4.69, 9.17) is 23.1 Å². The third-order valence-electron chi connectivity index (χ3n) is 8.19. The molecular formula is C30H45O5Si2. The molecule has 37 heavy (non-hydrogen) atoms. The van der Waals surface area contributed by atoms with Crippen molar-refractivity contribution in [3.05, 3.63) is 59.7 Å². The van der Waals surface area contributed by atoms with Gasteiger partial charge in [0.2, 0.25) is 9.04 Å². The van der Waals surface area contributed by atoms with Gasteiger partial charge in [0.05, 0.1) is 6.10 Å². The second-order valence-corrected chi connectivity index (χ2v) is 19.2. The van der Waals surface area contributed by atoms with E-state index < -0.39 is 17.4 Å². The van der Waals surface area contributed by atoms with Crippen LogP contribution >= 0.6 is 0 Å². The summed E-state index contributed by atoms with van der Waals surface area (Å²) >= 11 is 0. The van der Waals surface area contributed by atoms with Crippen LogP contribution in [0.15, 0.2) is 48.5 Å². The van der Waals surface area contributed by atoms with Gasteiger partial charge in [0.15, 0.2) is 8.32 Å². The third-order valence-corrected chi connectivity index (χ3v) is 13.4. The molecule has 0 amide bonds. The van der Waals surface area contributed by atoms with Crippen molar-refractivity contribution in [2.24, 2.45) is 5.92 Å². The molecule has 2 aliphatic carbocycles. The van der Waals surface area contributed by atoms with Gasteiger partial charge in [-0.05, 0) is 60.9 Å². The molecule has 2 aromatic rings. The zero-order valence-electron chi connectivity index (χ0n) is 23.9. The molecule has 0 heterocycles. The average molecular weight is 542 g/mol. The van der Waals surface area contributed by atoms with Gasteiger partial charge in [-0.15, -0.1) is 0 Å². The Bertz CT molecular complexity index is 1030. The van der Waals surface area contributed by atoms with Gasteiger partial charge in [0.25, 0.3) is 0 Å². The van der Waals surface area contributed by atoms with Crippen LogP contribution in [-0.2, 0) is 20.0 Å². The quantitative estimate of drug-likeness (QED) is 0.298. The zero-order chi connectivity index (χ0) is 26.8. The molecule has 1 fully saturated rings. The molecule has 0 N–H and O–H groups in total. The molecule has 0 aromatic heterocycles. The number of ether oxygens (including phenoxy) is 3. The molecule has 0 saturated heterocycles. The normalized spacial score (nSPS) is 25.9. The SMILES string of the molecule is CO[C@@H]1c2ccccc2C[C@H]1Oc1cccc(O[C@@H]2C[C@@H](CO[Si](C)C)[C@H](O[Si](C)(C)C(C)(C)C)C2)c1. The molecule has 7 heteroatoms. The Balaban J connectivity index is 1.42. The summed E-state index contributed by atoms with van der Waals surface area (Å²) in [6.45, 7) is 16.7. The smallest absolute Gasteiger partial charge is 0.204 e. The Morgan fingerprint density at radius 1 is 0.919 bits per heavy atom. The van der Waals surface area contributed by atoms with Crippen LogP contribution in [0.2, 0.25) is 31.2 Å². The molecule has 0 unspecified atom stereocenters. The molecule has 0 bridgehead atoms. The number of rotatable bonds is 10. The van der Waals surface area contributed by atoms with Crippen molar-refractivity contribution < 1.29 is 23.1 Å². The zero-order valence-corrected chi connectivity index (χ0v) is 25.9. The summed E-state index contributed by atoms with van der Waals surface area (Å²) in [5, 5.41) is 0.174. The first kappa shape index (κ1) is 28.4. The van der Waals surface area contributed by atoms with E-state index in [-0.39, 0.29) is 29.5 Å². The van der Waals surface area contributed by atoms with Crippen molar-refractivity contribution in [2.45, 2.75) is 95.7 Å². The van der Waals surface area contributed by atoms with Crippen LogP contribution in [0.3, 0.4) is 0 Å². The van der Waals surface area contributed by atoms with Crippen LogP contribution in [0.25, 0.3) is 0 Å². The fourth-order valence-corrected chi connectivity index (χ4v) is 7.12. The van der Waals surface area contributed by atoms with Gasteiger partial charge in [-0.3, -0.25) is 0 Å². The lowest BCUT2D eigenvalue weighted by Gasteiger charge is -2.39. The predicted molar refractivity (Wildman–Crippen MR) is 153 cm³/mol. The summed E-state index contributed by atoms with van der Waals surface area (Å²) in [4.78, 5) is 0. The Kier molecular flexibility index (Phi) is 8.91. The highest BCUT2D eigenvalue weighted by Gasteiger charge is 2.44. The van der Waals surface area contributed by atoms with Crippen molar-refractivity contribution in [2.75, 3.05) is 13.7 Å². The van der Waals surface area contributed by atoms with Crippen molar-refractivity contribution in [1.82, 2.24) is 0 Å². The Hall–Kier alpha value is -1.65. The van der Waals surface area contributed by atoms with Crippen molar-refractivity contribution >= 4 is 17.4 Å².